The minimum absolute atomic E-state index is 0.0312. The van der Waals surface area contributed by atoms with E-state index in [0.717, 1.165) is 17.7 Å². The van der Waals surface area contributed by atoms with Crippen LogP contribution in [0.25, 0.3) is 0 Å². The summed E-state index contributed by atoms with van der Waals surface area (Å²) in [5.41, 5.74) is 0.297. The van der Waals surface area contributed by atoms with Gasteiger partial charge in [0.15, 0.2) is 0 Å². The topological polar surface area (TPSA) is 76.2 Å². The number of amides is 1. The summed E-state index contributed by atoms with van der Waals surface area (Å²) < 4.78 is 11.7. The molecule has 1 saturated carbocycles. The zero-order valence-electron chi connectivity index (χ0n) is 23.3. The number of rotatable bonds is 8. The van der Waals surface area contributed by atoms with Crippen LogP contribution in [0, 0.1) is 0 Å². The Bertz CT molecular complexity index is 1300. The first kappa shape index (κ1) is 30.1. The van der Waals surface area contributed by atoms with Crippen molar-refractivity contribution < 1.29 is 23.9 Å². The molecule has 1 heterocycles. The molecule has 2 aromatic rings. The Morgan fingerprint density at radius 1 is 1.10 bits per heavy atom. The minimum atomic E-state index is -0.820. The highest BCUT2D eigenvalue weighted by Crippen LogP contribution is 2.54. The largest absolute Gasteiger partial charge is 0.457 e. The number of likely N-dealkylation sites (N-methyl/N-ethyl adjacent to an activating group) is 1. The number of piperidine rings is 1. The zero-order valence-corrected chi connectivity index (χ0v) is 24.8. The predicted octanol–water partition coefficient (Wildman–Crippen LogP) is 5.60. The number of likely N-dealkylation sites (tertiary alicyclic amines) is 1. The summed E-state index contributed by atoms with van der Waals surface area (Å²) in [5.74, 6) is -0.341. The maximum Gasteiger partial charge on any atom is 0.308 e. The van der Waals surface area contributed by atoms with Crippen LogP contribution in [-0.4, -0.2) is 66.0 Å². The second-order valence-electron chi connectivity index (χ2n) is 10.9. The second kappa shape index (κ2) is 12.3. The normalized spacial score (nSPS) is 24.5. The Labute approximate surface area is 246 Å². The lowest BCUT2D eigenvalue weighted by Gasteiger charge is -2.60. The summed E-state index contributed by atoms with van der Waals surface area (Å²) in [6.45, 7) is 8.70. The molecule has 1 amide bonds. The van der Waals surface area contributed by atoms with E-state index in [1.807, 2.05) is 42.3 Å². The van der Waals surface area contributed by atoms with E-state index in [1.165, 1.54) is 13.8 Å². The summed E-state index contributed by atoms with van der Waals surface area (Å²) in [6, 6.07) is 12.6. The maximum absolute atomic E-state index is 13.5. The van der Waals surface area contributed by atoms with E-state index in [2.05, 4.69) is 11.5 Å². The molecule has 1 saturated heterocycles. The van der Waals surface area contributed by atoms with Crippen LogP contribution in [0.2, 0.25) is 10.0 Å². The third kappa shape index (κ3) is 6.22. The lowest BCUT2D eigenvalue weighted by atomic mass is 9.55. The highest BCUT2D eigenvalue weighted by molar-refractivity contribution is 6.42. The number of ether oxygens (including phenoxy) is 2. The van der Waals surface area contributed by atoms with E-state index in [0.29, 0.717) is 54.6 Å². The molecule has 4 rings (SSSR count). The van der Waals surface area contributed by atoms with Crippen molar-refractivity contribution in [3.05, 3.63) is 76.3 Å². The SMILES string of the molecule is C=CCN1CC[C@@]2(c3cccc(OC(C)=O)c3)C[C@@H](N(C)C(=O)Cc3ccc(Cl)c(Cl)c3)CC[C@]2(OC(C)=O)C1. The molecule has 0 radical (unpaired) electrons. The molecule has 7 nitrogen and oxygen atoms in total. The molecule has 1 aliphatic carbocycles. The van der Waals surface area contributed by atoms with Gasteiger partial charge in [-0.2, -0.15) is 0 Å². The van der Waals surface area contributed by atoms with Crippen molar-refractivity contribution in [3.8, 4) is 5.75 Å². The highest BCUT2D eigenvalue weighted by Gasteiger charge is 2.61. The van der Waals surface area contributed by atoms with Crippen LogP contribution in [0.3, 0.4) is 0 Å². The highest BCUT2D eigenvalue weighted by atomic mass is 35.5. The number of fused-ring (bicyclic) bond motifs is 1. The van der Waals surface area contributed by atoms with Gasteiger partial charge in [0.05, 0.1) is 16.5 Å². The van der Waals surface area contributed by atoms with Gasteiger partial charge in [-0.1, -0.05) is 47.5 Å². The summed E-state index contributed by atoms with van der Waals surface area (Å²) in [5, 5.41) is 0.859. The van der Waals surface area contributed by atoms with Gasteiger partial charge in [0.25, 0.3) is 0 Å². The van der Waals surface area contributed by atoms with Gasteiger partial charge in [0, 0.05) is 45.4 Å². The van der Waals surface area contributed by atoms with Crippen LogP contribution in [0.1, 0.15) is 50.7 Å². The van der Waals surface area contributed by atoms with Gasteiger partial charge in [0.1, 0.15) is 11.4 Å². The molecular weight excluding hydrogens is 551 g/mol. The number of benzene rings is 2. The van der Waals surface area contributed by atoms with Gasteiger partial charge in [-0.15, -0.1) is 6.58 Å². The third-order valence-corrected chi connectivity index (χ3v) is 9.07. The molecule has 0 unspecified atom stereocenters. The molecule has 9 heteroatoms. The Balaban J connectivity index is 1.71. The van der Waals surface area contributed by atoms with E-state index in [1.54, 1.807) is 18.2 Å². The molecule has 0 spiro atoms. The maximum atomic E-state index is 13.5. The Hall–Kier alpha value is -2.87. The van der Waals surface area contributed by atoms with Crippen molar-refractivity contribution in [2.75, 3.05) is 26.7 Å². The molecule has 0 aromatic heterocycles. The number of hydrogen-bond acceptors (Lipinski definition) is 6. The van der Waals surface area contributed by atoms with Crippen LogP contribution in [0.4, 0.5) is 0 Å². The molecule has 1 aliphatic heterocycles. The van der Waals surface area contributed by atoms with Crippen molar-refractivity contribution in [3.63, 3.8) is 0 Å². The second-order valence-corrected chi connectivity index (χ2v) is 11.7. The smallest absolute Gasteiger partial charge is 0.308 e. The summed E-state index contributed by atoms with van der Waals surface area (Å²) in [6.07, 6.45) is 4.59. The first-order valence-electron chi connectivity index (χ1n) is 13.5. The third-order valence-electron chi connectivity index (χ3n) is 8.33. The van der Waals surface area contributed by atoms with Crippen molar-refractivity contribution in [1.82, 2.24) is 9.80 Å². The molecule has 214 valence electrons. The van der Waals surface area contributed by atoms with E-state index in [-0.39, 0.29) is 24.3 Å². The molecular formula is C31H36Cl2N2O5. The average molecular weight is 588 g/mol. The monoisotopic (exact) mass is 586 g/mol. The zero-order chi connectivity index (χ0) is 29.1. The molecule has 2 aromatic carbocycles. The first-order valence-corrected chi connectivity index (χ1v) is 14.3. The van der Waals surface area contributed by atoms with Crippen molar-refractivity contribution in [2.24, 2.45) is 0 Å². The van der Waals surface area contributed by atoms with E-state index < -0.39 is 17.0 Å². The van der Waals surface area contributed by atoms with E-state index in [9.17, 15) is 14.4 Å². The lowest BCUT2D eigenvalue weighted by molar-refractivity contribution is -0.189. The van der Waals surface area contributed by atoms with E-state index >= 15 is 0 Å². The number of carbonyl (C=O) groups excluding carboxylic acids is 3. The van der Waals surface area contributed by atoms with Crippen molar-refractivity contribution in [1.29, 1.82) is 0 Å². The molecule has 0 bridgehead atoms. The summed E-state index contributed by atoms with van der Waals surface area (Å²) >= 11 is 12.2. The fraction of sp³-hybridized carbons (Fsp3) is 0.452. The van der Waals surface area contributed by atoms with Crippen LogP contribution in [0.15, 0.2) is 55.1 Å². The number of hydrogen-bond donors (Lipinski definition) is 0. The lowest BCUT2D eigenvalue weighted by Crippen LogP contribution is -2.68. The fourth-order valence-electron chi connectivity index (χ4n) is 6.50. The van der Waals surface area contributed by atoms with Crippen LogP contribution < -0.4 is 4.74 Å². The molecule has 0 N–H and O–H groups in total. The van der Waals surface area contributed by atoms with Crippen LogP contribution in [0.5, 0.6) is 5.75 Å². The number of carbonyl (C=O) groups is 3. The summed E-state index contributed by atoms with van der Waals surface area (Å²) in [4.78, 5) is 41.9. The van der Waals surface area contributed by atoms with Gasteiger partial charge in [-0.3, -0.25) is 19.3 Å². The van der Waals surface area contributed by atoms with Gasteiger partial charge in [-0.25, -0.2) is 0 Å². The van der Waals surface area contributed by atoms with Gasteiger partial charge >= 0.3 is 11.9 Å². The van der Waals surface area contributed by atoms with Gasteiger partial charge in [-0.05, 0) is 67.6 Å². The molecule has 2 aliphatic rings. The van der Waals surface area contributed by atoms with Gasteiger partial charge < -0.3 is 14.4 Å². The van der Waals surface area contributed by atoms with Crippen LogP contribution >= 0.6 is 23.2 Å². The van der Waals surface area contributed by atoms with E-state index in [4.69, 9.17) is 32.7 Å². The fourth-order valence-corrected chi connectivity index (χ4v) is 6.83. The quantitative estimate of drug-likeness (QED) is 0.227. The van der Waals surface area contributed by atoms with Crippen LogP contribution in [-0.2, 0) is 31.0 Å². The Morgan fingerprint density at radius 3 is 2.55 bits per heavy atom. The van der Waals surface area contributed by atoms with Crippen molar-refractivity contribution in [2.45, 2.75) is 63.0 Å². The Kier molecular flexibility index (Phi) is 9.28. The average Bonchev–Trinajstić information content (AvgIpc) is 2.89. The van der Waals surface area contributed by atoms with Gasteiger partial charge in [0.2, 0.25) is 5.91 Å². The number of nitrogens with zero attached hydrogens (tertiary/aromatic N) is 2. The summed E-state index contributed by atoms with van der Waals surface area (Å²) in [7, 11) is 1.83. The standard InChI is InChI=1S/C31H36Cl2N2O5/c1-5-14-35-15-13-30(24-7-6-8-26(18-24)39-21(2)36)19-25(11-12-31(30,20-35)40-22(3)37)34(4)29(38)17-23-9-10-27(32)28(33)16-23/h5-10,16,18,25H,1,11-15,17,19-20H2,2-4H3/t25-,30-,31-/m0/s1. The molecule has 40 heavy (non-hydrogen) atoms. The van der Waals surface area contributed by atoms with Crippen molar-refractivity contribution >= 4 is 41.0 Å². The number of esters is 2. The predicted molar refractivity (Wildman–Crippen MR) is 156 cm³/mol. The number of halogens is 2. The molecule has 3 atom stereocenters. The minimum Gasteiger partial charge on any atom is -0.457 e. The Morgan fingerprint density at radius 2 is 1.88 bits per heavy atom. The molecule has 2 fully saturated rings. The first-order chi connectivity index (χ1) is 19.0.